The summed E-state index contributed by atoms with van der Waals surface area (Å²) in [4.78, 5) is 26.2. The van der Waals surface area contributed by atoms with Crippen molar-refractivity contribution in [1.82, 2.24) is 29.2 Å². The largest absolute Gasteiger partial charge is 0.396 e. The van der Waals surface area contributed by atoms with Crippen molar-refractivity contribution in [3.63, 3.8) is 0 Å². The van der Waals surface area contributed by atoms with E-state index in [9.17, 15) is 0 Å². The number of hydrogen-bond acceptors (Lipinski definition) is 15. The van der Waals surface area contributed by atoms with Crippen molar-refractivity contribution in [2.24, 2.45) is 4.99 Å². The maximum absolute atomic E-state index is 8.92. The molecular formula is C44H56N12OS4. The van der Waals surface area contributed by atoms with Crippen LogP contribution in [0.4, 0.5) is 29.0 Å². The SMILES string of the molecule is C=C(C=NC)Sc1ccccc1.CC.Nc1cc(N2CCCC2)nc2c(N(Cc3cccs3)Cc3cccs3)cnn12.Nc1cc(N2CCCC2)nc2c(SCCO)cnn12. The molecule has 7 aromatic rings. The fourth-order valence-electron chi connectivity index (χ4n) is 6.83. The van der Waals surface area contributed by atoms with Gasteiger partial charge in [-0.1, -0.05) is 62.5 Å². The van der Waals surface area contributed by atoms with E-state index in [2.05, 4.69) is 88.6 Å². The van der Waals surface area contributed by atoms with Gasteiger partial charge in [-0.3, -0.25) is 4.99 Å². The van der Waals surface area contributed by atoms with Crippen LogP contribution in [0.3, 0.4) is 0 Å². The summed E-state index contributed by atoms with van der Waals surface area (Å²) in [6.45, 7) is 13.8. The molecule has 0 unspecified atom stereocenters. The Kier molecular flexibility index (Phi) is 17.3. The fourth-order valence-corrected chi connectivity index (χ4v) is 9.72. The molecule has 6 aromatic heterocycles. The van der Waals surface area contributed by atoms with Gasteiger partial charge in [-0.2, -0.15) is 19.2 Å². The number of thiophene rings is 2. The second-order valence-electron chi connectivity index (χ2n) is 13.8. The van der Waals surface area contributed by atoms with Gasteiger partial charge in [-0.15, -0.1) is 34.4 Å². The first kappa shape index (κ1) is 45.5. The first-order valence-electron chi connectivity index (χ1n) is 20.6. The van der Waals surface area contributed by atoms with E-state index in [1.807, 2.05) is 50.4 Å². The molecule has 1 aromatic carbocycles. The van der Waals surface area contributed by atoms with Gasteiger partial charge >= 0.3 is 0 Å². The summed E-state index contributed by atoms with van der Waals surface area (Å²) >= 11 is 6.72. The van der Waals surface area contributed by atoms with Crippen LogP contribution in [-0.4, -0.2) is 86.1 Å². The van der Waals surface area contributed by atoms with Crippen molar-refractivity contribution < 1.29 is 5.11 Å². The molecule has 2 aliphatic rings. The minimum Gasteiger partial charge on any atom is -0.396 e. The highest BCUT2D eigenvalue weighted by Gasteiger charge is 2.21. The predicted molar refractivity (Wildman–Crippen MR) is 261 cm³/mol. The second-order valence-corrected chi connectivity index (χ2v) is 18.2. The molecule has 0 atom stereocenters. The highest BCUT2D eigenvalue weighted by Crippen LogP contribution is 2.31. The second kappa shape index (κ2) is 23.2. The Morgan fingerprint density at radius 1 is 0.803 bits per heavy atom. The molecule has 17 heteroatoms. The molecule has 322 valence electrons. The molecule has 0 saturated carbocycles. The predicted octanol–water partition coefficient (Wildman–Crippen LogP) is 9.26. The number of nitrogens with zero attached hydrogens (tertiary/aromatic N) is 10. The highest BCUT2D eigenvalue weighted by molar-refractivity contribution is 8.03. The van der Waals surface area contributed by atoms with Crippen LogP contribution in [0.1, 0.15) is 49.3 Å². The van der Waals surface area contributed by atoms with Crippen LogP contribution in [0.25, 0.3) is 11.3 Å². The monoisotopic (exact) mass is 896 g/mol. The molecule has 0 aliphatic carbocycles. The van der Waals surface area contributed by atoms with Gasteiger partial charge in [-0.25, -0.2) is 9.97 Å². The maximum Gasteiger partial charge on any atom is 0.183 e. The number of benzene rings is 1. The lowest BCUT2D eigenvalue weighted by atomic mass is 10.3. The lowest BCUT2D eigenvalue weighted by Crippen LogP contribution is -2.22. The van der Waals surface area contributed by atoms with E-state index in [4.69, 9.17) is 21.6 Å². The van der Waals surface area contributed by atoms with E-state index in [1.165, 1.54) is 40.3 Å². The Bertz CT molecular complexity index is 2370. The number of aliphatic hydroxyl groups excluding tert-OH is 1. The number of aromatic nitrogens is 6. The van der Waals surface area contributed by atoms with E-state index in [0.717, 1.165) is 77.7 Å². The number of nitrogens with two attached hydrogens (primary N) is 2. The molecule has 0 amide bonds. The molecule has 61 heavy (non-hydrogen) atoms. The summed E-state index contributed by atoms with van der Waals surface area (Å²) in [5.41, 5.74) is 15.0. The number of thioether (sulfide) groups is 2. The Labute approximate surface area is 375 Å². The summed E-state index contributed by atoms with van der Waals surface area (Å²) in [6.07, 6.45) is 10.2. The van der Waals surface area contributed by atoms with Gasteiger partial charge in [0, 0.05) is 76.9 Å². The van der Waals surface area contributed by atoms with E-state index in [0.29, 0.717) is 17.4 Å². The van der Waals surface area contributed by atoms with Crippen LogP contribution in [-0.2, 0) is 13.1 Å². The van der Waals surface area contributed by atoms with Crippen LogP contribution < -0.4 is 26.2 Å². The zero-order chi connectivity index (χ0) is 43.0. The number of hydrogen-bond donors (Lipinski definition) is 3. The van der Waals surface area contributed by atoms with Crippen LogP contribution >= 0.6 is 46.2 Å². The molecule has 13 nitrogen and oxygen atoms in total. The molecule has 9 rings (SSSR count). The average molecular weight is 897 g/mol. The van der Waals surface area contributed by atoms with Gasteiger partial charge in [0.05, 0.1) is 37.0 Å². The Morgan fingerprint density at radius 2 is 1.34 bits per heavy atom. The van der Waals surface area contributed by atoms with E-state index in [-0.39, 0.29) is 6.61 Å². The Morgan fingerprint density at radius 3 is 1.87 bits per heavy atom. The zero-order valence-corrected chi connectivity index (χ0v) is 38.4. The van der Waals surface area contributed by atoms with Crippen molar-refractivity contribution in [3.05, 3.63) is 111 Å². The van der Waals surface area contributed by atoms with Crippen molar-refractivity contribution in [1.29, 1.82) is 0 Å². The van der Waals surface area contributed by atoms with Crippen molar-refractivity contribution in [2.75, 3.05) is 71.8 Å². The fraction of sp³-hybridized carbons (Fsp3) is 0.341. The first-order chi connectivity index (χ1) is 29.9. The number of allylic oxidation sites excluding steroid dienone is 1. The van der Waals surface area contributed by atoms with Gasteiger partial charge in [-0.05, 0) is 60.7 Å². The smallest absolute Gasteiger partial charge is 0.183 e. The topological polar surface area (TPSA) is 155 Å². The van der Waals surface area contributed by atoms with Crippen LogP contribution in [0.5, 0.6) is 0 Å². The molecule has 2 fully saturated rings. The first-order valence-corrected chi connectivity index (χ1v) is 24.1. The van der Waals surface area contributed by atoms with Gasteiger partial charge in [0.2, 0.25) is 0 Å². The molecule has 8 heterocycles. The molecule has 0 spiro atoms. The molecule has 2 saturated heterocycles. The minimum atomic E-state index is 0.142. The summed E-state index contributed by atoms with van der Waals surface area (Å²) in [7, 11) is 1.75. The van der Waals surface area contributed by atoms with E-state index >= 15 is 0 Å². The molecule has 0 radical (unpaired) electrons. The van der Waals surface area contributed by atoms with Crippen LogP contribution in [0.15, 0.2) is 116 Å². The highest BCUT2D eigenvalue weighted by atomic mass is 32.2. The van der Waals surface area contributed by atoms with Gasteiger partial charge in [0.15, 0.2) is 11.3 Å². The quantitative estimate of drug-likeness (QED) is 0.0747. The van der Waals surface area contributed by atoms with E-state index < -0.39 is 0 Å². The van der Waals surface area contributed by atoms with Crippen LogP contribution in [0.2, 0.25) is 0 Å². The summed E-state index contributed by atoms with van der Waals surface area (Å²) < 4.78 is 3.41. The normalized spacial score (nSPS) is 13.5. The summed E-state index contributed by atoms with van der Waals surface area (Å²) in [6, 6.07) is 22.5. The Hall–Kier alpha value is -5.07. The summed E-state index contributed by atoms with van der Waals surface area (Å²) in [5.74, 6) is 3.75. The maximum atomic E-state index is 8.92. The molecule has 2 aliphatic heterocycles. The molecule has 5 N–H and O–H groups in total. The molecule has 0 bridgehead atoms. The lowest BCUT2D eigenvalue weighted by Gasteiger charge is -2.23. The third-order valence-electron chi connectivity index (χ3n) is 9.59. The number of aliphatic hydroxyl groups is 1. The minimum absolute atomic E-state index is 0.142. The van der Waals surface area contributed by atoms with Gasteiger partial charge in [0.1, 0.15) is 29.0 Å². The lowest BCUT2D eigenvalue weighted by molar-refractivity contribution is 0.322. The van der Waals surface area contributed by atoms with E-state index in [1.54, 1.807) is 74.7 Å². The van der Waals surface area contributed by atoms with Crippen molar-refractivity contribution in [2.45, 2.75) is 62.4 Å². The average Bonchev–Trinajstić information content (AvgIpc) is 4.13. The number of aliphatic imine (C=N–C) groups is 1. The number of rotatable bonds is 13. The van der Waals surface area contributed by atoms with Crippen molar-refractivity contribution in [3.8, 4) is 0 Å². The number of nitrogen functional groups attached to an aromatic ring is 2. The van der Waals surface area contributed by atoms with Gasteiger partial charge in [0.25, 0.3) is 0 Å². The third-order valence-corrected chi connectivity index (χ3v) is 13.2. The zero-order valence-electron chi connectivity index (χ0n) is 35.1. The number of anilines is 5. The van der Waals surface area contributed by atoms with Crippen LogP contribution in [0, 0.1) is 0 Å². The van der Waals surface area contributed by atoms with Gasteiger partial charge < -0.3 is 31.3 Å². The third kappa shape index (κ3) is 12.3. The summed E-state index contributed by atoms with van der Waals surface area (Å²) in [5, 5.41) is 21.9. The Balaban J connectivity index is 0.000000163. The number of fused-ring (bicyclic) bond motifs is 2. The van der Waals surface area contributed by atoms with Crippen molar-refractivity contribution >= 4 is 92.7 Å². The molecular weight excluding hydrogens is 841 g/mol. The standard InChI is InChI=1S/C20H22N6S2.C12H17N5OS.C10H11NS.C2H6/c21-18-11-19(24-7-1-2-8-24)23-20-17(12-22-26(18)20)25(13-15-5-3-9-27-15)14-16-6-4-10-28-16;13-10-7-11(16-3-1-2-4-16)15-12-9(19-6-5-18)8-14-17(10)12;1-9(8-11-2)12-10-6-4-3-5-7-10;1-2/h3-6,9-12H,1-2,7-8,13-14,21H2;7-8,18H,1-6,13H2;3-8H,1H2,2H3;1-2H3.